The van der Waals surface area contributed by atoms with Crippen LogP contribution >= 0.6 is 11.8 Å². The Kier molecular flexibility index (Phi) is 5.14. The van der Waals surface area contributed by atoms with E-state index in [2.05, 4.69) is 10.5 Å². The summed E-state index contributed by atoms with van der Waals surface area (Å²) in [6.45, 7) is 1.99. The molecule has 1 aromatic heterocycles. The van der Waals surface area contributed by atoms with E-state index in [1.54, 1.807) is 6.07 Å². The predicted octanol–water partition coefficient (Wildman–Crippen LogP) is 4.66. The first-order chi connectivity index (χ1) is 12.0. The zero-order valence-corrected chi connectivity index (χ0v) is 14.1. The Balaban J connectivity index is 1.59. The SMILES string of the molecule is Cc1ccc(-c2cc(NC(=O)CSc3ccc(F)cc3F)on2)cc1. The van der Waals surface area contributed by atoms with Crippen molar-refractivity contribution >= 4 is 23.6 Å². The third-order valence-corrected chi connectivity index (χ3v) is 4.42. The first-order valence-corrected chi connectivity index (χ1v) is 8.41. The summed E-state index contributed by atoms with van der Waals surface area (Å²) < 4.78 is 31.5. The Labute approximate surface area is 147 Å². The molecule has 4 nitrogen and oxygen atoms in total. The van der Waals surface area contributed by atoms with Crippen molar-refractivity contribution in [2.45, 2.75) is 11.8 Å². The molecule has 0 saturated heterocycles. The Hall–Kier alpha value is -2.67. The molecule has 0 radical (unpaired) electrons. The van der Waals surface area contributed by atoms with Gasteiger partial charge in [-0.3, -0.25) is 10.1 Å². The molecule has 0 fully saturated rings. The van der Waals surface area contributed by atoms with Crippen LogP contribution in [0.2, 0.25) is 0 Å². The highest BCUT2D eigenvalue weighted by Crippen LogP contribution is 2.24. The monoisotopic (exact) mass is 360 g/mol. The molecule has 1 heterocycles. The molecule has 0 unspecified atom stereocenters. The van der Waals surface area contributed by atoms with E-state index in [4.69, 9.17) is 4.52 Å². The lowest BCUT2D eigenvalue weighted by Crippen LogP contribution is -2.13. The minimum atomic E-state index is -0.695. The predicted molar refractivity (Wildman–Crippen MR) is 92.4 cm³/mol. The minimum Gasteiger partial charge on any atom is -0.338 e. The summed E-state index contributed by atoms with van der Waals surface area (Å²) in [5, 5.41) is 6.47. The standard InChI is InChI=1S/C18H14F2N2O2S/c1-11-2-4-12(5-3-11)15-9-18(24-22-15)21-17(23)10-25-16-7-6-13(19)8-14(16)20/h2-9H,10H2,1H3,(H,21,23). The van der Waals surface area contributed by atoms with E-state index in [0.29, 0.717) is 5.69 Å². The number of anilines is 1. The first-order valence-electron chi connectivity index (χ1n) is 7.43. The van der Waals surface area contributed by atoms with E-state index in [-0.39, 0.29) is 22.4 Å². The van der Waals surface area contributed by atoms with E-state index in [0.717, 1.165) is 35.0 Å². The van der Waals surface area contributed by atoms with Crippen molar-refractivity contribution in [3.63, 3.8) is 0 Å². The smallest absolute Gasteiger partial charge is 0.237 e. The zero-order valence-electron chi connectivity index (χ0n) is 13.3. The van der Waals surface area contributed by atoms with E-state index in [1.165, 1.54) is 6.07 Å². The lowest BCUT2D eigenvalue weighted by atomic mass is 10.1. The van der Waals surface area contributed by atoms with Gasteiger partial charge in [0.2, 0.25) is 11.8 Å². The molecule has 3 aromatic rings. The maximum Gasteiger partial charge on any atom is 0.237 e. The average Bonchev–Trinajstić information content (AvgIpc) is 3.03. The van der Waals surface area contributed by atoms with Gasteiger partial charge in [-0.05, 0) is 19.1 Å². The zero-order chi connectivity index (χ0) is 17.8. The third-order valence-electron chi connectivity index (χ3n) is 3.37. The summed E-state index contributed by atoms with van der Waals surface area (Å²) in [6, 6.07) is 12.6. The van der Waals surface area contributed by atoms with Crippen LogP contribution in [0.5, 0.6) is 0 Å². The van der Waals surface area contributed by atoms with Gasteiger partial charge in [0.25, 0.3) is 0 Å². The van der Waals surface area contributed by atoms with Crippen LogP contribution in [0.25, 0.3) is 11.3 Å². The van der Waals surface area contributed by atoms with Gasteiger partial charge in [-0.1, -0.05) is 35.0 Å². The van der Waals surface area contributed by atoms with Crippen LogP contribution in [0.1, 0.15) is 5.56 Å². The highest BCUT2D eigenvalue weighted by Gasteiger charge is 2.12. The molecule has 2 aromatic carbocycles. The van der Waals surface area contributed by atoms with Gasteiger partial charge in [0.05, 0.1) is 5.75 Å². The summed E-state index contributed by atoms with van der Waals surface area (Å²) >= 11 is 0.972. The van der Waals surface area contributed by atoms with Gasteiger partial charge >= 0.3 is 0 Å². The highest BCUT2D eigenvalue weighted by atomic mass is 32.2. The second-order valence-corrected chi connectivity index (χ2v) is 6.37. The molecule has 0 spiro atoms. The third kappa shape index (κ3) is 4.45. The summed E-state index contributed by atoms with van der Waals surface area (Å²) in [4.78, 5) is 12.1. The molecule has 0 bridgehead atoms. The van der Waals surface area contributed by atoms with Gasteiger partial charge in [0.1, 0.15) is 17.3 Å². The summed E-state index contributed by atoms with van der Waals surface area (Å²) in [5.41, 5.74) is 2.61. The quantitative estimate of drug-likeness (QED) is 0.673. The Bertz CT molecular complexity index is 894. The molecule has 0 atom stereocenters. The number of halogens is 2. The molecular weight excluding hydrogens is 346 g/mol. The molecule has 1 amide bonds. The summed E-state index contributed by atoms with van der Waals surface area (Å²) in [5.74, 6) is -1.56. The Morgan fingerprint density at radius 3 is 2.64 bits per heavy atom. The van der Waals surface area contributed by atoms with Gasteiger partial charge in [-0.15, -0.1) is 11.8 Å². The molecule has 1 N–H and O–H groups in total. The number of aromatic nitrogens is 1. The van der Waals surface area contributed by atoms with Crippen molar-refractivity contribution in [3.05, 3.63) is 65.7 Å². The van der Waals surface area contributed by atoms with Gasteiger partial charge in [-0.25, -0.2) is 8.78 Å². The summed E-state index contributed by atoms with van der Waals surface area (Å²) in [7, 11) is 0. The topological polar surface area (TPSA) is 55.1 Å². The van der Waals surface area contributed by atoms with Crippen molar-refractivity contribution < 1.29 is 18.1 Å². The van der Waals surface area contributed by atoms with Crippen LogP contribution in [-0.4, -0.2) is 16.8 Å². The molecule has 0 aliphatic heterocycles. The maximum atomic E-state index is 13.5. The molecule has 0 aliphatic carbocycles. The maximum absolute atomic E-state index is 13.5. The van der Waals surface area contributed by atoms with Crippen LogP contribution < -0.4 is 5.32 Å². The number of nitrogens with zero attached hydrogens (tertiary/aromatic N) is 1. The lowest BCUT2D eigenvalue weighted by molar-refractivity contribution is -0.113. The fraction of sp³-hybridized carbons (Fsp3) is 0.111. The van der Waals surface area contributed by atoms with Crippen LogP contribution in [0.3, 0.4) is 0 Å². The number of aryl methyl sites for hydroxylation is 1. The first kappa shape index (κ1) is 17.2. The second-order valence-electron chi connectivity index (χ2n) is 5.35. The van der Waals surface area contributed by atoms with Gasteiger partial charge < -0.3 is 4.52 Å². The minimum absolute atomic E-state index is 0.0386. The number of hydrogen-bond donors (Lipinski definition) is 1. The molecule has 7 heteroatoms. The summed E-state index contributed by atoms with van der Waals surface area (Å²) in [6.07, 6.45) is 0. The van der Waals surface area contributed by atoms with Crippen LogP contribution in [0, 0.1) is 18.6 Å². The van der Waals surface area contributed by atoms with E-state index >= 15 is 0 Å². The fourth-order valence-corrected chi connectivity index (χ4v) is 2.82. The number of benzene rings is 2. The van der Waals surface area contributed by atoms with Gasteiger partial charge in [-0.2, -0.15) is 0 Å². The number of carbonyl (C=O) groups excluding carboxylic acids is 1. The van der Waals surface area contributed by atoms with Crippen LogP contribution in [0.15, 0.2) is 57.9 Å². The van der Waals surface area contributed by atoms with Gasteiger partial charge in [0.15, 0.2) is 0 Å². The second kappa shape index (κ2) is 7.48. The van der Waals surface area contributed by atoms with Crippen molar-refractivity contribution in [3.8, 4) is 11.3 Å². The lowest BCUT2D eigenvalue weighted by Gasteiger charge is -2.03. The van der Waals surface area contributed by atoms with Crippen molar-refractivity contribution in [2.24, 2.45) is 0 Å². The molecule has 3 rings (SSSR count). The molecule has 0 saturated carbocycles. The molecule has 25 heavy (non-hydrogen) atoms. The molecule has 0 aliphatic rings. The Morgan fingerprint density at radius 2 is 1.92 bits per heavy atom. The largest absolute Gasteiger partial charge is 0.338 e. The van der Waals surface area contributed by atoms with E-state index in [9.17, 15) is 13.6 Å². The molecular formula is C18H14F2N2O2S. The van der Waals surface area contributed by atoms with E-state index < -0.39 is 11.6 Å². The molecule has 128 valence electrons. The Morgan fingerprint density at radius 1 is 1.16 bits per heavy atom. The number of hydrogen-bond acceptors (Lipinski definition) is 4. The number of nitrogens with one attached hydrogen (secondary N) is 1. The van der Waals surface area contributed by atoms with Crippen molar-refractivity contribution in [2.75, 3.05) is 11.1 Å². The number of carbonyl (C=O) groups is 1. The van der Waals surface area contributed by atoms with Crippen LogP contribution in [0.4, 0.5) is 14.7 Å². The number of amides is 1. The van der Waals surface area contributed by atoms with E-state index in [1.807, 2.05) is 31.2 Å². The van der Waals surface area contributed by atoms with Gasteiger partial charge in [0, 0.05) is 22.6 Å². The normalized spacial score (nSPS) is 10.7. The fourth-order valence-electron chi connectivity index (χ4n) is 2.10. The van der Waals surface area contributed by atoms with Crippen LogP contribution in [-0.2, 0) is 4.79 Å². The number of thioether (sulfide) groups is 1. The van der Waals surface area contributed by atoms with Crippen molar-refractivity contribution in [1.82, 2.24) is 5.16 Å². The highest BCUT2D eigenvalue weighted by molar-refractivity contribution is 8.00. The van der Waals surface area contributed by atoms with Crippen molar-refractivity contribution in [1.29, 1.82) is 0 Å². The average molecular weight is 360 g/mol. The number of rotatable bonds is 5.